The molecular weight excluding hydrogens is 995 g/mol. The zero-order chi connectivity index (χ0) is 63.9. The quantitative estimate of drug-likeness (QED) is 0.219. The van der Waals surface area contributed by atoms with Crippen molar-refractivity contribution >= 4 is 48.7 Å². The Kier molecular flexibility index (Phi) is 82.5. The molecule has 480 valence electrons. The fourth-order valence-corrected chi connectivity index (χ4v) is 6.46. The van der Waals surface area contributed by atoms with Crippen LogP contribution in [0.4, 0.5) is 0 Å². The van der Waals surface area contributed by atoms with Crippen molar-refractivity contribution in [2.24, 2.45) is 106 Å². The van der Waals surface area contributed by atoms with Crippen molar-refractivity contribution in [3.63, 3.8) is 0 Å². The molecule has 0 aromatic carbocycles. The Labute approximate surface area is 500 Å². The van der Waals surface area contributed by atoms with Gasteiger partial charge in [0.1, 0.15) is 19.3 Å². The lowest BCUT2D eigenvalue weighted by atomic mass is 9.95. The highest BCUT2D eigenvalue weighted by atomic mass is 16.6. The summed E-state index contributed by atoms with van der Waals surface area (Å²) < 4.78 is 0. The first-order valence-electron chi connectivity index (χ1n) is 32.8. The van der Waals surface area contributed by atoms with Crippen LogP contribution in [0.1, 0.15) is 267 Å². The average Bonchev–Trinajstić information content (AvgIpc) is 4.34. The maximum Gasteiger partial charge on any atom is 0.134 e. The molecule has 0 aliphatic carbocycles. The number of hydrazone groups is 3. The van der Waals surface area contributed by atoms with E-state index in [4.69, 9.17) is 14.5 Å². The molecule has 0 spiro atoms. The Morgan fingerprint density at radius 1 is 0.500 bits per heavy atom. The average molecular weight is 1140 g/mol. The summed E-state index contributed by atoms with van der Waals surface area (Å²) >= 11 is 0. The normalized spacial score (nSPS) is 20.5. The molecule has 0 saturated carbocycles. The summed E-state index contributed by atoms with van der Waals surface area (Å²) in [6, 6.07) is 1.23. The van der Waals surface area contributed by atoms with E-state index in [1.165, 1.54) is 30.7 Å². The summed E-state index contributed by atoms with van der Waals surface area (Å²) in [7, 11) is 0. The minimum atomic E-state index is 0.343. The van der Waals surface area contributed by atoms with Crippen molar-refractivity contribution in [3.8, 4) is 0 Å². The van der Waals surface area contributed by atoms with Gasteiger partial charge in [-0.05, 0) is 85.0 Å². The number of hydrogen-bond acceptors (Lipinski definition) is 14. The van der Waals surface area contributed by atoms with Crippen molar-refractivity contribution in [1.82, 2.24) is 16.3 Å². The molecule has 0 saturated heterocycles. The van der Waals surface area contributed by atoms with Crippen LogP contribution in [0.25, 0.3) is 0 Å². The molecule has 3 N–H and O–H groups in total. The first kappa shape index (κ1) is 92.6. The summed E-state index contributed by atoms with van der Waals surface area (Å²) in [5, 5.41) is 23.1. The zero-order valence-electron chi connectivity index (χ0n) is 59.3. The van der Waals surface area contributed by atoms with Gasteiger partial charge in [0.05, 0.1) is 24.0 Å². The van der Waals surface area contributed by atoms with Gasteiger partial charge in [-0.1, -0.05) is 237 Å². The minimum absolute atomic E-state index is 0.343. The third kappa shape index (κ3) is 56.0. The van der Waals surface area contributed by atoms with Crippen LogP contribution in [0.5, 0.6) is 0 Å². The number of oxime groups is 3. The lowest BCUT2D eigenvalue weighted by Gasteiger charge is -2.12. The summed E-state index contributed by atoms with van der Waals surface area (Å²) in [5.41, 5.74) is 11.4. The fraction of sp³-hybridized carbons (Fsp3) is 0.879. The second kappa shape index (κ2) is 71.3. The van der Waals surface area contributed by atoms with Gasteiger partial charge in [0.25, 0.3) is 0 Å². The summed E-state index contributed by atoms with van der Waals surface area (Å²) in [6.45, 7) is 71.7. The second-order valence-electron chi connectivity index (χ2n) is 20.2. The van der Waals surface area contributed by atoms with Gasteiger partial charge in [0.15, 0.2) is 0 Å². The number of rotatable bonds is 8. The zero-order valence-corrected chi connectivity index (χ0v) is 59.3. The van der Waals surface area contributed by atoms with E-state index < -0.39 is 0 Å². The van der Waals surface area contributed by atoms with E-state index in [-0.39, 0.29) is 0 Å². The monoisotopic (exact) mass is 1140 g/mol. The predicted octanol–water partition coefficient (Wildman–Crippen LogP) is 18.8. The van der Waals surface area contributed by atoms with Gasteiger partial charge in [-0.3, -0.25) is 9.98 Å². The lowest BCUT2D eigenvalue weighted by molar-refractivity contribution is 0.0521. The highest BCUT2D eigenvalue weighted by molar-refractivity contribution is 5.87. The molecule has 0 fully saturated rings. The van der Waals surface area contributed by atoms with Crippen LogP contribution in [-0.2, 0) is 14.5 Å². The van der Waals surface area contributed by atoms with E-state index in [0.29, 0.717) is 59.6 Å². The molecule has 8 heterocycles. The Balaban J connectivity index is -0.000000119. The van der Waals surface area contributed by atoms with Crippen LogP contribution < -0.4 is 16.3 Å². The number of nitrogens with one attached hydrogen (secondary N) is 3. The van der Waals surface area contributed by atoms with E-state index in [1.807, 2.05) is 148 Å². The topological polar surface area (TPSA) is 163 Å². The SMILES string of the molecule is CC.CC.CC.CC.CC.CC.CC.CC.CC(C)C1=NNCC1.CC(C)C1=NOCC1.CC(C)C1C=NNC1.CC(C)C1C=NOC1.CC(C)C1CC=NC1.CC(C)C1CC=NN1.CC(C)C1CC=NO1.CC(C)C1CCC=N1. The summed E-state index contributed by atoms with van der Waals surface area (Å²) in [6.07, 6.45) is 20.0. The summed E-state index contributed by atoms with van der Waals surface area (Å²) in [4.78, 5) is 23.0. The molecule has 8 aliphatic heterocycles. The molecule has 0 amide bonds. The van der Waals surface area contributed by atoms with E-state index in [9.17, 15) is 0 Å². The number of hydrogen-bond donors (Lipinski definition) is 3. The molecule has 6 atom stereocenters. The third-order valence-corrected chi connectivity index (χ3v) is 12.0. The van der Waals surface area contributed by atoms with Crippen molar-refractivity contribution in [3.05, 3.63) is 0 Å². The van der Waals surface area contributed by atoms with Crippen molar-refractivity contribution in [1.29, 1.82) is 0 Å². The molecule has 0 bridgehead atoms. The van der Waals surface area contributed by atoms with Gasteiger partial charge in [-0.15, -0.1) is 0 Å². The molecule has 0 aromatic rings. The first-order chi connectivity index (χ1) is 38.4. The summed E-state index contributed by atoms with van der Waals surface area (Å²) in [5.74, 6) is 7.51. The smallest absolute Gasteiger partial charge is 0.134 e. The van der Waals surface area contributed by atoms with E-state index in [0.717, 1.165) is 82.2 Å². The largest absolute Gasteiger partial charge is 0.395 e. The molecule has 0 radical (unpaired) electrons. The third-order valence-electron chi connectivity index (χ3n) is 12.0. The van der Waals surface area contributed by atoms with E-state index in [2.05, 4.69) is 168 Å². The van der Waals surface area contributed by atoms with Crippen LogP contribution in [-0.4, -0.2) is 99.7 Å². The molecule has 14 heteroatoms. The van der Waals surface area contributed by atoms with Gasteiger partial charge in [-0.2, -0.15) is 15.3 Å². The van der Waals surface area contributed by atoms with Crippen molar-refractivity contribution in [2.45, 2.75) is 285 Å². The molecular formula is C66H143N11O3. The van der Waals surface area contributed by atoms with Gasteiger partial charge in [0.2, 0.25) is 0 Å². The highest BCUT2D eigenvalue weighted by Gasteiger charge is 2.18. The van der Waals surface area contributed by atoms with E-state index in [1.54, 1.807) is 0 Å². The van der Waals surface area contributed by atoms with E-state index >= 15 is 0 Å². The van der Waals surface area contributed by atoms with Gasteiger partial charge < -0.3 is 30.8 Å². The minimum Gasteiger partial charge on any atom is -0.395 e. The maximum absolute atomic E-state index is 4.98. The Morgan fingerprint density at radius 2 is 1.07 bits per heavy atom. The van der Waals surface area contributed by atoms with Crippen LogP contribution in [0.3, 0.4) is 0 Å². The molecule has 6 unspecified atom stereocenters. The van der Waals surface area contributed by atoms with Crippen LogP contribution in [0.2, 0.25) is 0 Å². The molecule has 0 aromatic heterocycles. The van der Waals surface area contributed by atoms with Gasteiger partial charge in [0, 0.05) is 81.5 Å². The molecule has 8 rings (SSSR count). The fourth-order valence-electron chi connectivity index (χ4n) is 6.46. The van der Waals surface area contributed by atoms with Crippen LogP contribution >= 0.6 is 0 Å². The molecule has 8 aliphatic rings. The van der Waals surface area contributed by atoms with Crippen molar-refractivity contribution < 1.29 is 14.5 Å². The molecule has 80 heavy (non-hydrogen) atoms. The Bertz CT molecular complexity index is 1260. The highest BCUT2D eigenvalue weighted by Crippen LogP contribution is 2.18. The van der Waals surface area contributed by atoms with Gasteiger partial charge >= 0.3 is 0 Å². The van der Waals surface area contributed by atoms with Crippen molar-refractivity contribution in [2.75, 3.05) is 32.8 Å². The standard InChI is InChI=1S/2C7H13N.3C6H12N2.3C6H11NO.8C2H6/c1-6(2)7-3-4-8-5-7;1-6(2)7-4-3-5-8-7;1-5(2)6-3-7-8-4-6;2*1-5(2)6-3-4-7-8-6;1-5(2)6-3-7-8-4-6;1-5(2)6-3-4-8-7-6;1-5(2)6-3-4-7-8-6;8*1-2/h4,6-7H,3,5H2,1-2H3;5-7H,3-4H2,1-2H3;3,5-6,8H,4H2,1-2H3;5,7H,3-4H2,1-2H3;4-6,8H,3H2,1-2H3;3,5-6H,4H2,1-2H3;5H,3-4H2,1-2H3;4-6H,3H2,1-2H3;8*1-2H3. The van der Waals surface area contributed by atoms with Crippen LogP contribution in [0, 0.1) is 65.1 Å². The Morgan fingerprint density at radius 3 is 1.27 bits per heavy atom. The van der Waals surface area contributed by atoms with Crippen LogP contribution in [0.15, 0.2) is 40.8 Å². The van der Waals surface area contributed by atoms with Gasteiger partial charge in [-0.25, -0.2) is 0 Å². The number of aliphatic imine (C=N–C) groups is 2. The second-order valence-corrected chi connectivity index (χ2v) is 20.2. The first-order valence-corrected chi connectivity index (χ1v) is 32.8. The predicted molar refractivity (Wildman–Crippen MR) is 366 cm³/mol. The molecule has 14 nitrogen and oxygen atoms in total. The lowest BCUT2D eigenvalue weighted by Crippen LogP contribution is -2.24. The Hall–Kier alpha value is -3.84. The maximum atomic E-state index is 4.98. The number of nitrogens with zero attached hydrogens (tertiary/aromatic N) is 8.